The van der Waals surface area contributed by atoms with Gasteiger partial charge in [0.05, 0.1) is 19.3 Å². The summed E-state index contributed by atoms with van der Waals surface area (Å²) >= 11 is 0. The molecule has 22 aromatic rings. The predicted molar refractivity (Wildman–Crippen MR) is 579 cm³/mol. The number of oxazole rings is 11. The van der Waals surface area contributed by atoms with E-state index in [1.54, 1.807) is 7.05 Å². The van der Waals surface area contributed by atoms with E-state index in [4.69, 9.17) is 72.3 Å². The van der Waals surface area contributed by atoms with Crippen LogP contribution in [0.25, 0.3) is 122 Å². The van der Waals surface area contributed by atoms with E-state index in [0.29, 0.717) is 97.6 Å². The molecule has 0 aliphatic rings. The maximum absolute atomic E-state index is 5.51. The zero-order valence-electron chi connectivity index (χ0n) is 86.2. The summed E-state index contributed by atoms with van der Waals surface area (Å²) in [6, 6.07) is 88.4. The first-order valence-electron chi connectivity index (χ1n) is 49.4. The first-order chi connectivity index (χ1) is 70.8. The van der Waals surface area contributed by atoms with Crippen molar-refractivity contribution in [1.82, 2.24) is 54.8 Å². The third-order valence-corrected chi connectivity index (χ3v) is 20.0. The predicted octanol–water partition coefficient (Wildman–Crippen LogP) is 29.9. The van der Waals surface area contributed by atoms with Gasteiger partial charge in [0.25, 0.3) is 36.1 Å². The van der Waals surface area contributed by atoms with Crippen LogP contribution < -0.4 is 55.6 Å². The van der Waals surface area contributed by atoms with Crippen molar-refractivity contribution in [1.29, 1.82) is 0 Å². The summed E-state index contributed by atoms with van der Waals surface area (Å²) in [6.07, 6.45) is 8.47. The second-order valence-electron chi connectivity index (χ2n) is 35.3. The molecule has 33 nitrogen and oxygen atoms in total. The van der Waals surface area contributed by atoms with Gasteiger partial charge in [0, 0.05) is 39.3 Å². The molecule has 33 heteroatoms. The lowest BCUT2D eigenvalue weighted by atomic mass is 10.2. The Balaban J connectivity index is 0.000000143. The standard InChI is InChI=1S/2C11H14N2O.4C11H13NO2.2C10H12N2O.C10H11NO2.C9H10N2O.C8H8N2O/c1-8(2)7-12-11-13-9-5-3-4-6-10(9)14-11;1-2-3-8-12-11-13-9-6-4-5-7-10(9)14-11;1-11(2,3)14-10-12-8-6-4-5-7-9(8)13-10;1-8(2)7-13-11-12-9-5-3-4-6-10(9)14-11;1-3-8(2)13-11-12-9-6-4-5-7-10(9)14-11;1-2-3-8-13-11-12-9-6-4-5-7-10(9)14-11;1-7(2)11-10-12-8-5-3-4-6-9(8)13-10;1-2-7-11-10-12-8-5-3-4-6-9(8)13-10;1-7(2)12-10-11-8-5-3-4-6-9(8)13-10;1-2-10-9-11-7-5-3-4-6-8(7)12-9;1-9-8-10-6-4-2-3-5-7(6)11-8/h3-6,8H,7H2,1-2H3,(H,12,13);4-7H,2-3,8H2,1H3,(H,12,13);4-7H,1-3H3;3-6,8H,7H2,1-2H3;4-8H,3H2,1-2H3;4-7H,2-3,8H2,1H3;3-7H,1-2H3,(H,11,12);3-6H,2,7H2,1H3,(H,11,12);3-7H,1-2H3;3-6H,2H2,1H3,(H,10,11);2-5H,1H3,(H,9,10). The zero-order chi connectivity index (χ0) is 103. The van der Waals surface area contributed by atoms with Crippen LogP contribution in [0.5, 0.6) is 30.4 Å². The SMILES string of the molecule is CC(C)(C)Oc1nc2ccccc2o1.CC(C)CNc1nc2ccccc2o1.CC(C)COc1nc2ccccc2o1.CC(C)Nc1nc2ccccc2o1.CC(C)Oc1nc2ccccc2o1.CCC(C)Oc1nc2ccccc2o1.CCCCNc1nc2ccccc2o1.CCCCOc1nc2ccccc2o1.CCCNc1nc2ccccc2o1.CCNc1nc2ccccc2o1.CNc1nc2ccccc2o1. The highest BCUT2D eigenvalue weighted by molar-refractivity contribution is 5.80. The van der Waals surface area contributed by atoms with Crippen molar-refractivity contribution in [2.24, 2.45) is 11.8 Å². The van der Waals surface area contributed by atoms with E-state index in [1.807, 2.05) is 315 Å². The Hall–Kier alpha value is -16.6. The van der Waals surface area contributed by atoms with Crippen LogP contribution in [-0.4, -0.2) is 125 Å². The fourth-order valence-corrected chi connectivity index (χ4v) is 12.8. The van der Waals surface area contributed by atoms with Gasteiger partial charge in [-0.15, -0.1) is 0 Å². The maximum atomic E-state index is 5.51. The first kappa shape index (κ1) is 108. The lowest BCUT2D eigenvalue weighted by Gasteiger charge is -2.17. The van der Waals surface area contributed by atoms with E-state index in [9.17, 15) is 0 Å². The molecule has 0 amide bonds. The lowest BCUT2D eigenvalue weighted by molar-refractivity contribution is 0.0900. The third kappa shape index (κ3) is 35.2. The molecule has 146 heavy (non-hydrogen) atoms. The molecule has 11 aromatic carbocycles. The fraction of sp³-hybridized carbons (Fsp3) is 0.319. The summed E-state index contributed by atoms with van der Waals surface area (Å²) in [4.78, 5) is 46.5. The summed E-state index contributed by atoms with van der Waals surface area (Å²) in [5.74, 6) is 1.06. The van der Waals surface area contributed by atoms with E-state index in [1.165, 1.54) is 6.42 Å². The highest BCUT2D eigenvalue weighted by Crippen LogP contribution is 2.30. The molecule has 1 atom stereocenters. The van der Waals surface area contributed by atoms with Crippen molar-refractivity contribution in [3.63, 3.8) is 0 Å². The molecule has 0 saturated heterocycles. The Morgan fingerprint density at radius 1 is 0.281 bits per heavy atom. The van der Waals surface area contributed by atoms with Crippen LogP contribution in [0.15, 0.2) is 316 Å². The first-order valence-corrected chi connectivity index (χ1v) is 49.4. The minimum atomic E-state index is -0.277. The van der Waals surface area contributed by atoms with E-state index in [2.05, 4.69) is 156 Å². The molecule has 6 N–H and O–H groups in total. The van der Waals surface area contributed by atoms with Gasteiger partial charge >= 0.3 is 30.4 Å². The summed E-state index contributed by atoms with van der Waals surface area (Å²) in [5, 5.41) is 18.4. The molecule has 1 unspecified atom stereocenters. The smallest absolute Gasteiger partial charge is 0.395 e. The van der Waals surface area contributed by atoms with Crippen molar-refractivity contribution in [3.8, 4) is 30.4 Å². The van der Waals surface area contributed by atoms with Gasteiger partial charge in [-0.1, -0.05) is 202 Å². The number of aromatic nitrogens is 11. The van der Waals surface area contributed by atoms with Crippen LogP contribution >= 0.6 is 0 Å². The van der Waals surface area contributed by atoms with Gasteiger partial charge in [-0.2, -0.15) is 54.8 Å². The second-order valence-corrected chi connectivity index (χ2v) is 35.3. The highest BCUT2D eigenvalue weighted by Gasteiger charge is 2.18. The number of nitrogens with one attached hydrogen (secondary N) is 6. The monoisotopic (exact) mass is 1980 g/mol. The van der Waals surface area contributed by atoms with E-state index in [-0.39, 0.29) is 17.8 Å². The number of unbranched alkanes of at least 4 members (excludes halogenated alkanes) is 2. The molecular weight excluding hydrogens is 1850 g/mol. The van der Waals surface area contributed by atoms with Crippen LogP contribution in [0, 0.1) is 11.8 Å². The Labute approximate surface area is 848 Å². The number of anilines is 6. The Kier molecular flexibility index (Phi) is 41.7. The third-order valence-electron chi connectivity index (χ3n) is 20.0. The van der Waals surface area contributed by atoms with Crippen LogP contribution in [-0.2, 0) is 0 Å². The maximum Gasteiger partial charge on any atom is 0.395 e. The molecule has 0 fully saturated rings. The number of rotatable bonds is 28. The van der Waals surface area contributed by atoms with Crippen LogP contribution in [0.4, 0.5) is 36.1 Å². The number of hydrogen-bond donors (Lipinski definition) is 6. The molecule has 0 aliphatic heterocycles. The van der Waals surface area contributed by atoms with E-state index >= 15 is 0 Å². The Morgan fingerprint density at radius 3 is 0.884 bits per heavy atom. The summed E-state index contributed by atoms with van der Waals surface area (Å²) in [6.45, 7) is 39.6. The van der Waals surface area contributed by atoms with Crippen molar-refractivity contribution in [2.75, 3.05) is 78.3 Å². The average molecular weight is 1990 g/mol. The van der Waals surface area contributed by atoms with Gasteiger partial charge in [0.2, 0.25) is 0 Å². The van der Waals surface area contributed by atoms with Gasteiger partial charge in [0.15, 0.2) is 61.4 Å². The minimum Gasteiger partial charge on any atom is -0.450 e. The van der Waals surface area contributed by atoms with E-state index < -0.39 is 0 Å². The summed E-state index contributed by atoms with van der Waals surface area (Å²) in [7, 11) is 1.78. The van der Waals surface area contributed by atoms with E-state index in [0.717, 1.165) is 180 Å². The van der Waals surface area contributed by atoms with Crippen LogP contribution in [0.1, 0.15) is 156 Å². The van der Waals surface area contributed by atoms with Crippen LogP contribution in [0.3, 0.4) is 0 Å². The molecular formula is C113H133N17O16. The topological polar surface area (TPSA) is 405 Å². The number of nitrogens with zero attached hydrogens (tertiary/aromatic N) is 11. The number of benzene rings is 11. The van der Waals surface area contributed by atoms with Gasteiger partial charge in [-0.3, -0.25) is 0 Å². The zero-order valence-corrected chi connectivity index (χ0v) is 86.2. The Bertz CT molecular complexity index is 6910. The van der Waals surface area contributed by atoms with Gasteiger partial charge < -0.3 is 104 Å². The molecule has 766 valence electrons. The molecule has 0 radical (unpaired) electrons. The quantitative estimate of drug-likeness (QED) is 0.0248. The summed E-state index contributed by atoms with van der Waals surface area (Å²) < 4.78 is 86.5. The molecule has 11 heterocycles. The average Bonchev–Trinajstić information content (AvgIpc) is 1.68. The second kappa shape index (κ2) is 56.3. The molecule has 0 saturated carbocycles. The van der Waals surface area contributed by atoms with Gasteiger partial charge in [-0.05, 0) is 233 Å². The molecule has 0 aliphatic carbocycles. The molecule has 11 aromatic heterocycles. The number of hydrogen-bond acceptors (Lipinski definition) is 33. The van der Waals surface area contributed by atoms with Crippen molar-refractivity contribution in [3.05, 3.63) is 267 Å². The number of fused-ring (bicyclic) bond motifs is 11. The number of para-hydroxylation sites is 22. The largest absolute Gasteiger partial charge is 0.450 e. The Morgan fingerprint density at radius 2 is 0.568 bits per heavy atom. The van der Waals surface area contributed by atoms with Crippen molar-refractivity contribution < 1.29 is 72.3 Å². The summed E-state index contributed by atoms with van der Waals surface area (Å²) in [5.41, 5.74) is 18.1. The molecule has 0 bridgehead atoms. The number of ether oxygens (including phenoxy) is 5. The van der Waals surface area contributed by atoms with Gasteiger partial charge in [-0.25, -0.2) is 0 Å². The van der Waals surface area contributed by atoms with Gasteiger partial charge in [0.1, 0.15) is 72.4 Å². The van der Waals surface area contributed by atoms with Crippen molar-refractivity contribution >= 4 is 158 Å². The normalized spacial score (nSPS) is 11.1. The lowest BCUT2D eigenvalue weighted by Crippen LogP contribution is -2.23. The fourth-order valence-electron chi connectivity index (χ4n) is 12.8. The van der Waals surface area contributed by atoms with Crippen molar-refractivity contribution in [2.45, 2.75) is 180 Å². The molecule has 0 spiro atoms. The molecule has 22 rings (SSSR count). The highest BCUT2D eigenvalue weighted by atomic mass is 16.6. The minimum absolute atomic E-state index is 0.0908. The van der Waals surface area contributed by atoms with Crippen LogP contribution in [0.2, 0.25) is 0 Å².